The van der Waals surface area contributed by atoms with Gasteiger partial charge in [-0.3, -0.25) is 4.79 Å². The predicted molar refractivity (Wildman–Crippen MR) is 132 cm³/mol. The van der Waals surface area contributed by atoms with E-state index < -0.39 is 5.82 Å². The van der Waals surface area contributed by atoms with E-state index in [1.54, 1.807) is 12.1 Å². The van der Waals surface area contributed by atoms with Crippen LogP contribution in [0.25, 0.3) is 17.1 Å². The van der Waals surface area contributed by atoms with Gasteiger partial charge in [0.25, 0.3) is 5.91 Å². The molecule has 1 aliphatic heterocycles. The molecule has 2 aromatic carbocycles. The summed E-state index contributed by atoms with van der Waals surface area (Å²) in [6.45, 7) is 4.66. The molecule has 6 rings (SSSR count). The van der Waals surface area contributed by atoms with E-state index in [4.69, 9.17) is 0 Å². The number of anilines is 2. The molecule has 2 aliphatic rings. The van der Waals surface area contributed by atoms with Crippen LogP contribution >= 0.6 is 0 Å². The number of nitrogens with zero attached hydrogens (tertiary/aromatic N) is 4. The zero-order valence-corrected chi connectivity index (χ0v) is 19.5. The molecule has 0 spiro atoms. The summed E-state index contributed by atoms with van der Waals surface area (Å²) in [6, 6.07) is 11.4. The highest BCUT2D eigenvalue weighted by Gasteiger charge is 2.26. The number of carbonyl (C=O) groups is 1. The Hall–Kier alpha value is -4.07. The quantitative estimate of drug-likeness (QED) is 0.418. The molecule has 0 radical (unpaired) electrons. The predicted octanol–water partition coefficient (Wildman–Crippen LogP) is 5.24. The molecule has 176 valence electrons. The van der Waals surface area contributed by atoms with E-state index in [1.165, 1.54) is 19.0 Å². The average molecular weight is 469 g/mol. The minimum atomic E-state index is -0.545. The van der Waals surface area contributed by atoms with Crippen molar-refractivity contribution in [3.05, 3.63) is 83.3 Å². The van der Waals surface area contributed by atoms with Crippen molar-refractivity contribution in [2.75, 3.05) is 11.9 Å². The first-order chi connectivity index (χ1) is 17.0. The Balaban J connectivity index is 1.28. The highest BCUT2D eigenvalue weighted by atomic mass is 19.1. The maximum atomic E-state index is 14.6. The molecule has 1 atom stereocenters. The molecule has 1 saturated carbocycles. The number of aromatic nitrogens is 4. The van der Waals surface area contributed by atoms with Crippen LogP contribution in [0.1, 0.15) is 58.8 Å². The number of hydrogen-bond acceptors (Lipinski definition) is 5. The van der Waals surface area contributed by atoms with Crippen molar-refractivity contribution in [1.29, 1.82) is 0 Å². The molecule has 1 amide bonds. The van der Waals surface area contributed by atoms with Crippen molar-refractivity contribution in [3.63, 3.8) is 0 Å². The minimum absolute atomic E-state index is 0.0848. The normalized spacial score (nSPS) is 17.1. The lowest BCUT2D eigenvalue weighted by molar-refractivity contribution is 0.0941. The summed E-state index contributed by atoms with van der Waals surface area (Å²) in [4.78, 5) is 25.3. The Bertz CT molecular complexity index is 1460. The molecular weight excluding hydrogens is 443 g/mol. The van der Waals surface area contributed by atoms with Crippen LogP contribution in [-0.4, -0.2) is 32.0 Å². The molecule has 1 aliphatic carbocycles. The van der Waals surface area contributed by atoms with Crippen molar-refractivity contribution in [1.82, 2.24) is 24.8 Å². The van der Waals surface area contributed by atoms with Crippen LogP contribution in [0.2, 0.25) is 0 Å². The molecule has 3 heterocycles. The van der Waals surface area contributed by atoms with Crippen LogP contribution < -0.4 is 10.6 Å². The topological polar surface area (TPSA) is 84.7 Å². The number of nitrogens with one attached hydrogen (secondary N) is 2. The second-order valence-corrected chi connectivity index (χ2v) is 9.41. The van der Waals surface area contributed by atoms with Gasteiger partial charge >= 0.3 is 0 Å². The van der Waals surface area contributed by atoms with Crippen LogP contribution in [0.3, 0.4) is 0 Å². The molecule has 0 saturated heterocycles. The lowest BCUT2D eigenvalue weighted by Crippen LogP contribution is -2.33. The molecule has 4 aromatic rings. The van der Waals surface area contributed by atoms with Gasteiger partial charge in [-0.05, 0) is 73.2 Å². The summed E-state index contributed by atoms with van der Waals surface area (Å²) in [7, 11) is 0. The van der Waals surface area contributed by atoms with Crippen LogP contribution in [0.4, 0.5) is 15.9 Å². The zero-order chi connectivity index (χ0) is 24.1. The van der Waals surface area contributed by atoms with Gasteiger partial charge in [-0.2, -0.15) is 0 Å². The standard InChI is InChI=1S/C27H25FN6O/c1-15-9-18(5-8-24(15)34-13-23(31-14-34)17-3-4-17)25-29-12-22(28)26(33-25)32-19-6-7-20-21(10-19)16(2)11-30-27(20)35/h5-10,12-14,16-17H,3-4,11H2,1-2H3,(H,30,35)(H,29,32,33)/t16-/m0/s1. The van der Waals surface area contributed by atoms with Crippen molar-refractivity contribution < 1.29 is 9.18 Å². The van der Waals surface area contributed by atoms with Gasteiger partial charge < -0.3 is 15.2 Å². The van der Waals surface area contributed by atoms with Gasteiger partial charge in [-0.1, -0.05) is 6.92 Å². The number of carbonyl (C=O) groups excluding carboxylic acids is 1. The Morgan fingerprint density at radius 1 is 1.14 bits per heavy atom. The van der Waals surface area contributed by atoms with E-state index in [0.717, 1.165) is 28.1 Å². The Morgan fingerprint density at radius 3 is 2.80 bits per heavy atom. The number of imidazole rings is 1. The lowest BCUT2D eigenvalue weighted by atomic mass is 9.91. The minimum Gasteiger partial charge on any atom is -0.351 e. The van der Waals surface area contributed by atoms with Crippen molar-refractivity contribution in [3.8, 4) is 17.1 Å². The van der Waals surface area contributed by atoms with Gasteiger partial charge in [-0.25, -0.2) is 19.3 Å². The molecule has 0 bridgehead atoms. The highest BCUT2D eigenvalue weighted by Crippen LogP contribution is 2.39. The second kappa shape index (κ2) is 8.30. The van der Waals surface area contributed by atoms with Crippen molar-refractivity contribution >= 4 is 17.4 Å². The summed E-state index contributed by atoms with van der Waals surface area (Å²) in [5.74, 6) is 0.666. The van der Waals surface area contributed by atoms with Gasteiger partial charge in [-0.15, -0.1) is 0 Å². The van der Waals surface area contributed by atoms with Crippen LogP contribution in [0.15, 0.2) is 55.1 Å². The van der Waals surface area contributed by atoms with E-state index in [9.17, 15) is 9.18 Å². The smallest absolute Gasteiger partial charge is 0.251 e. The summed E-state index contributed by atoms with van der Waals surface area (Å²) >= 11 is 0. The van der Waals surface area contributed by atoms with E-state index in [2.05, 4.69) is 31.8 Å². The average Bonchev–Trinajstić information content (AvgIpc) is 3.60. The summed E-state index contributed by atoms with van der Waals surface area (Å²) < 4.78 is 16.7. The molecule has 2 N–H and O–H groups in total. The van der Waals surface area contributed by atoms with Crippen LogP contribution in [-0.2, 0) is 0 Å². The molecule has 0 unspecified atom stereocenters. The van der Waals surface area contributed by atoms with Crippen LogP contribution in [0, 0.1) is 12.7 Å². The first kappa shape index (κ1) is 21.5. The van der Waals surface area contributed by atoms with E-state index in [-0.39, 0.29) is 17.6 Å². The Labute approximate surface area is 202 Å². The Kier molecular flexibility index (Phi) is 5.09. The van der Waals surface area contributed by atoms with Crippen molar-refractivity contribution in [2.45, 2.75) is 38.5 Å². The number of benzene rings is 2. The maximum absolute atomic E-state index is 14.6. The summed E-state index contributed by atoms with van der Waals surface area (Å²) in [5, 5.41) is 5.94. The van der Waals surface area contributed by atoms with Gasteiger partial charge in [0.1, 0.15) is 0 Å². The second-order valence-electron chi connectivity index (χ2n) is 9.41. The molecule has 2 aromatic heterocycles. The van der Waals surface area contributed by atoms with E-state index in [0.29, 0.717) is 29.5 Å². The fraction of sp³-hybridized carbons (Fsp3) is 0.259. The van der Waals surface area contributed by atoms with Gasteiger partial charge in [0.15, 0.2) is 17.5 Å². The van der Waals surface area contributed by atoms with Gasteiger partial charge in [0.2, 0.25) is 0 Å². The largest absolute Gasteiger partial charge is 0.351 e. The lowest BCUT2D eigenvalue weighted by Gasteiger charge is -2.23. The van der Waals surface area contributed by atoms with Gasteiger partial charge in [0.05, 0.1) is 18.2 Å². The monoisotopic (exact) mass is 468 g/mol. The molecule has 1 fully saturated rings. The fourth-order valence-corrected chi connectivity index (χ4v) is 4.58. The van der Waals surface area contributed by atoms with E-state index in [1.807, 2.05) is 49.0 Å². The molecule has 8 heteroatoms. The zero-order valence-electron chi connectivity index (χ0n) is 19.5. The first-order valence-electron chi connectivity index (χ1n) is 11.8. The number of fused-ring (bicyclic) bond motifs is 1. The molecule has 35 heavy (non-hydrogen) atoms. The maximum Gasteiger partial charge on any atom is 0.251 e. The van der Waals surface area contributed by atoms with E-state index >= 15 is 0 Å². The third-order valence-corrected chi connectivity index (χ3v) is 6.73. The molecular formula is C27H25FN6O. The fourth-order valence-electron chi connectivity index (χ4n) is 4.58. The summed E-state index contributed by atoms with van der Waals surface area (Å²) in [6.07, 6.45) is 7.56. The summed E-state index contributed by atoms with van der Waals surface area (Å²) in [5.41, 5.74) is 6.29. The van der Waals surface area contributed by atoms with Crippen LogP contribution in [0.5, 0.6) is 0 Å². The number of aryl methyl sites for hydroxylation is 1. The number of amides is 1. The third kappa shape index (κ3) is 4.05. The Morgan fingerprint density at radius 2 is 2.00 bits per heavy atom. The van der Waals surface area contributed by atoms with Gasteiger partial charge in [0, 0.05) is 41.2 Å². The van der Waals surface area contributed by atoms with Crippen molar-refractivity contribution in [2.24, 2.45) is 0 Å². The number of halogens is 1. The first-order valence-corrected chi connectivity index (χ1v) is 11.8. The third-order valence-electron chi connectivity index (χ3n) is 6.73. The molecule has 7 nitrogen and oxygen atoms in total. The SMILES string of the molecule is Cc1cc(-c2ncc(F)c(Nc3ccc4c(c3)[C@@H](C)CNC4=O)n2)ccc1-n1cnc(C2CC2)c1. The number of hydrogen-bond donors (Lipinski definition) is 2. The highest BCUT2D eigenvalue weighted by molar-refractivity contribution is 5.97. The number of rotatable bonds is 5.